The minimum Gasteiger partial charge on any atom is -0.372 e. The molecule has 1 aliphatic heterocycles. The van der Waals surface area contributed by atoms with E-state index in [0.717, 1.165) is 5.56 Å². The largest absolute Gasteiger partial charge is 0.372 e. The van der Waals surface area contributed by atoms with Gasteiger partial charge in [0, 0.05) is 17.4 Å². The maximum atomic E-state index is 11.4. The third-order valence-electron chi connectivity index (χ3n) is 3.00. The Morgan fingerprint density at radius 3 is 2.71 bits per heavy atom. The average molecular weight is 235 g/mol. The minimum atomic E-state index is -0.479. The number of hydrogen-bond donors (Lipinski definition) is 0. The van der Waals surface area contributed by atoms with Gasteiger partial charge in [0.05, 0.1) is 5.92 Å². The van der Waals surface area contributed by atoms with Crippen LogP contribution in [0.5, 0.6) is 0 Å². The predicted molar refractivity (Wildman–Crippen MR) is 64.5 cm³/mol. The Bertz CT molecular complexity index is 391. The Morgan fingerprint density at radius 1 is 1.35 bits per heavy atom. The molecule has 0 fully saturated rings. The SMILES string of the molecule is CCO[C@H]1O[N+]([O-])=C[C@@H](c2ccccc2)[C@@H]1C. The van der Waals surface area contributed by atoms with Gasteiger partial charge >= 0.3 is 0 Å². The van der Waals surface area contributed by atoms with Gasteiger partial charge in [0.1, 0.15) is 0 Å². The minimum absolute atomic E-state index is 0.0269. The summed E-state index contributed by atoms with van der Waals surface area (Å²) in [6, 6.07) is 9.93. The number of nitrogens with zero attached hydrogens (tertiary/aromatic N) is 1. The van der Waals surface area contributed by atoms with Gasteiger partial charge in [-0.2, -0.15) is 0 Å². The Balaban J connectivity index is 2.24. The molecule has 0 radical (unpaired) electrons. The molecule has 0 saturated heterocycles. The summed E-state index contributed by atoms with van der Waals surface area (Å²) >= 11 is 0. The molecule has 0 bridgehead atoms. The van der Waals surface area contributed by atoms with Crippen LogP contribution >= 0.6 is 0 Å². The van der Waals surface area contributed by atoms with E-state index >= 15 is 0 Å². The van der Waals surface area contributed by atoms with E-state index in [1.165, 1.54) is 0 Å². The van der Waals surface area contributed by atoms with Gasteiger partial charge in [-0.15, -0.1) is 0 Å². The lowest BCUT2D eigenvalue weighted by Gasteiger charge is -2.32. The second kappa shape index (κ2) is 5.19. The highest BCUT2D eigenvalue weighted by Crippen LogP contribution is 2.30. The molecule has 0 saturated carbocycles. The lowest BCUT2D eigenvalue weighted by atomic mass is 9.87. The van der Waals surface area contributed by atoms with Crippen molar-refractivity contribution in [1.29, 1.82) is 0 Å². The van der Waals surface area contributed by atoms with E-state index in [1.54, 1.807) is 6.21 Å². The van der Waals surface area contributed by atoms with Crippen molar-refractivity contribution in [3.63, 3.8) is 0 Å². The molecule has 0 unspecified atom stereocenters. The van der Waals surface area contributed by atoms with Gasteiger partial charge in [-0.25, -0.2) is 0 Å². The molecule has 17 heavy (non-hydrogen) atoms. The van der Waals surface area contributed by atoms with Crippen molar-refractivity contribution >= 4 is 6.21 Å². The zero-order chi connectivity index (χ0) is 12.3. The van der Waals surface area contributed by atoms with Gasteiger partial charge in [-0.05, 0) is 12.5 Å². The van der Waals surface area contributed by atoms with E-state index in [2.05, 4.69) is 0 Å². The average Bonchev–Trinajstić information content (AvgIpc) is 2.35. The first kappa shape index (κ1) is 11.9. The number of ether oxygens (including phenoxy) is 1. The van der Waals surface area contributed by atoms with E-state index in [4.69, 9.17) is 9.57 Å². The Morgan fingerprint density at radius 2 is 2.06 bits per heavy atom. The number of benzene rings is 1. The fourth-order valence-electron chi connectivity index (χ4n) is 2.08. The van der Waals surface area contributed by atoms with E-state index in [1.807, 2.05) is 44.2 Å². The van der Waals surface area contributed by atoms with Crippen LogP contribution in [-0.4, -0.2) is 24.0 Å². The van der Waals surface area contributed by atoms with Crippen LogP contribution in [0.1, 0.15) is 25.3 Å². The molecular weight excluding hydrogens is 218 g/mol. The van der Waals surface area contributed by atoms with E-state index in [-0.39, 0.29) is 11.8 Å². The summed E-state index contributed by atoms with van der Waals surface area (Å²) in [6.07, 6.45) is 1.07. The van der Waals surface area contributed by atoms with Crippen molar-refractivity contribution in [1.82, 2.24) is 0 Å². The van der Waals surface area contributed by atoms with Gasteiger partial charge < -0.3 is 9.57 Å². The molecule has 4 heteroatoms. The van der Waals surface area contributed by atoms with Crippen LogP contribution in [0, 0.1) is 11.1 Å². The normalized spacial score (nSPS) is 28.4. The van der Waals surface area contributed by atoms with Crippen LogP contribution in [0.15, 0.2) is 30.3 Å². The van der Waals surface area contributed by atoms with Crippen molar-refractivity contribution in [3.05, 3.63) is 41.1 Å². The van der Waals surface area contributed by atoms with Crippen LogP contribution < -0.4 is 0 Å². The lowest BCUT2D eigenvalue weighted by Crippen LogP contribution is -2.38. The summed E-state index contributed by atoms with van der Waals surface area (Å²) in [7, 11) is 0. The lowest BCUT2D eigenvalue weighted by molar-refractivity contribution is -0.771. The molecule has 0 aromatic heterocycles. The topological polar surface area (TPSA) is 44.5 Å². The second-order valence-corrected chi connectivity index (χ2v) is 4.16. The molecule has 0 N–H and O–H groups in total. The fourth-order valence-corrected chi connectivity index (χ4v) is 2.08. The molecule has 0 aliphatic carbocycles. The zero-order valence-electron chi connectivity index (χ0n) is 10.1. The van der Waals surface area contributed by atoms with Crippen molar-refractivity contribution in [2.24, 2.45) is 5.92 Å². The van der Waals surface area contributed by atoms with Crippen molar-refractivity contribution in [3.8, 4) is 0 Å². The van der Waals surface area contributed by atoms with Crippen molar-refractivity contribution in [2.75, 3.05) is 6.61 Å². The van der Waals surface area contributed by atoms with Crippen LogP contribution in [0.25, 0.3) is 0 Å². The van der Waals surface area contributed by atoms with Crippen LogP contribution in [0.2, 0.25) is 0 Å². The summed E-state index contributed by atoms with van der Waals surface area (Å²) in [6.45, 7) is 4.45. The van der Waals surface area contributed by atoms with Crippen molar-refractivity contribution in [2.45, 2.75) is 26.1 Å². The predicted octanol–water partition coefficient (Wildman–Crippen LogP) is 2.30. The highest BCUT2D eigenvalue weighted by atomic mass is 16.9. The monoisotopic (exact) mass is 235 g/mol. The summed E-state index contributed by atoms with van der Waals surface area (Å²) in [4.78, 5) is 5.60. The molecule has 1 heterocycles. The smallest absolute Gasteiger partial charge is 0.218 e. The van der Waals surface area contributed by atoms with Gasteiger partial charge in [0.15, 0.2) is 6.29 Å². The van der Waals surface area contributed by atoms with Gasteiger partial charge in [-0.1, -0.05) is 37.3 Å². The Hall–Kier alpha value is -1.55. The number of rotatable bonds is 3. The molecule has 0 amide bonds. The van der Waals surface area contributed by atoms with E-state index in [0.29, 0.717) is 11.5 Å². The standard InChI is InChI=1S/C13H17NO3/c1-3-16-13-10(2)12(9-14(15)17-13)11-7-5-4-6-8-11/h4-10,12-13H,3H2,1-2H3/t10-,12+,13-/m0/s1. The Labute approximate surface area is 101 Å². The third kappa shape index (κ3) is 2.58. The summed E-state index contributed by atoms with van der Waals surface area (Å²) in [5, 5.41) is 11.4. The summed E-state index contributed by atoms with van der Waals surface area (Å²) in [5.41, 5.74) is 1.11. The molecule has 1 aromatic rings. The van der Waals surface area contributed by atoms with Crippen molar-refractivity contribution < 1.29 is 14.5 Å². The molecule has 0 spiro atoms. The first-order valence-electron chi connectivity index (χ1n) is 5.87. The summed E-state index contributed by atoms with van der Waals surface area (Å²) in [5.74, 6) is 0.140. The Kier molecular flexibility index (Phi) is 3.64. The molecule has 1 aliphatic rings. The van der Waals surface area contributed by atoms with E-state index < -0.39 is 6.29 Å². The van der Waals surface area contributed by atoms with Gasteiger partial charge in [0.2, 0.25) is 6.21 Å². The third-order valence-corrected chi connectivity index (χ3v) is 3.00. The zero-order valence-corrected chi connectivity index (χ0v) is 10.1. The van der Waals surface area contributed by atoms with Gasteiger partial charge in [-0.3, -0.25) is 5.21 Å². The summed E-state index contributed by atoms with van der Waals surface area (Å²) < 4.78 is 5.43. The fraction of sp³-hybridized carbons (Fsp3) is 0.462. The second-order valence-electron chi connectivity index (χ2n) is 4.16. The molecule has 1 aromatic carbocycles. The maximum Gasteiger partial charge on any atom is 0.218 e. The highest BCUT2D eigenvalue weighted by molar-refractivity contribution is 5.64. The highest BCUT2D eigenvalue weighted by Gasteiger charge is 2.33. The van der Waals surface area contributed by atoms with Crippen LogP contribution in [0.3, 0.4) is 0 Å². The van der Waals surface area contributed by atoms with Crippen LogP contribution in [0.4, 0.5) is 0 Å². The quantitative estimate of drug-likeness (QED) is 0.755. The molecule has 2 rings (SSSR count). The first-order chi connectivity index (χ1) is 8.22. The van der Waals surface area contributed by atoms with Gasteiger partial charge in [0.25, 0.3) is 0 Å². The maximum absolute atomic E-state index is 11.4. The number of hydrogen-bond acceptors (Lipinski definition) is 3. The molecule has 3 atom stereocenters. The molecule has 92 valence electrons. The van der Waals surface area contributed by atoms with E-state index in [9.17, 15) is 5.21 Å². The molecule has 4 nitrogen and oxygen atoms in total. The van der Waals surface area contributed by atoms with Crippen LogP contribution in [-0.2, 0) is 9.57 Å². The first-order valence-corrected chi connectivity index (χ1v) is 5.87. The molecular formula is C13H17NO3.